The fraction of sp³-hybridized carbons (Fsp3) is 0.357. The Morgan fingerprint density at radius 2 is 2.10 bits per heavy atom. The lowest BCUT2D eigenvalue weighted by Gasteiger charge is -2.11. The molecule has 0 radical (unpaired) electrons. The second kappa shape index (κ2) is 5.16. The molecule has 21 heavy (non-hydrogen) atoms. The van der Waals surface area contributed by atoms with Crippen molar-refractivity contribution >= 4 is 10.0 Å². The Kier molecular flexibility index (Phi) is 3.46. The molecule has 1 N–H and O–H groups in total. The molecule has 0 spiro atoms. The number of aryl methyl sites for hydroxylation is 1. The first kappa shape index (κ1) is 14.1. The largest absolute Gasteiger partial charge is 0.495 e. The average Bonchev–Trinajstić information content (AvgIpc) is 3.15. The van der Waals surface area contributed by atoms with Gasteiger partial charge in [0.2, 0.25) is 10.0 Å². The zero-order chi connectivity index (χ0) is 15.0. The second-order valence-electron chi connectivity index (χ2n) is 5.09. The summed E-state index contributed by atoms with van der Waals surface area (Å²) in [7, 11) is -2.15. The van der Waals surface area contributed by atoms with Gasteiger partial charge in [-0.2, -0.15) is 0 Å². The summed E-state index contributed by atoms with van der Waals surface area (Å²) >= 11 is 0. The molecule has 0 atom stereocenters. The third kappa shape index (κ3) is 2.93. The molecule has 1 aromatic carbocycles. The Morgan fingerprint density at radius 1 is 1.33 bits per heavy atom. The first-order valence-electron chi connectivity index (χ1n) is 6.63. The second-order valence-corrected chi connectivity index (χ2v) is 6.78. The Hall–Kier alpha value is -1.86. The van der Waals surface area contributed by atoms with Crippen LogP contribution in [0.4, 0.5) is 0 Å². The standard InChI is InChI=1S/C14H16N2O4S/c1-9-7-13(20-15-9)10-3-6-12(19-2)14(8-10)21(17,18)16-11-4-5-11/h3,6-8,11,16H,4-5H2,1-2H3. The molecule has 1 saturated carbocycles. The van der Waals surface area contributed by atoms with Crippen LogP contribution >= 0.6 is 0 Å². The predicted molar refractivity (Wildman–Crippen MR) is 76.6 cm³/mol. The van der Waals surface area contributed by atoms with E-state index in [1.165, 1.54) is 7.11 Å². The van der Waals surface area contributed by atoms with Crippen LogP contribution in [0.3, 0.4) is 0 Å². The van der Waals surface area contributed by atoms with Gasteiger partial charge in [0, 0.05) is 17.7 Å². The van der Waals surface area contributed by atoms with Crippen LogP contribution in [0.5, 0.6) is 5.75 Å². The third-order valence-electron chi connectivity index (χ3n) is 3.26. The quantitative estimate of drug-likeness (QED) is 0.914. The van der Waals surface area contributed by atoms with E-state index >= 15 is 0 Å². The smallest absolute Gasteiger partial charge is 0.244 e. The zero-order valence-corrected chi connectivity index (χ0v) is 12.6. The highest BCUT2D eigenvalue weighted by Gasteiger charge is 2.30. The van der Waals surface area contributed by atoms with Gasteiger partial charge in [0.25, 0.3) is 0 Å². The number of nitrogens with zero attached hydrogens (tertiary/aromatic N) is 1. The maximum atomic E-state index is 12.4. The van der Waals surface area contributed by atoms with Gasteiger partial charge < -0.3 is 9.26 Å². The summed E-state index contributed by atoms with van der Waals surface area (Å²) in [6, 6.07) is 6.70. The van der Waals surface area contributed by atoms with E-state index < -0.39 is 10.0 Å². The number of benzene rings is 1. The van der Waals surface area contributed by atoms with Gasteiger partial charge in [-0.1, -0.05) is 5.16 Å². The predicted octanol–water partition coefficient (Wildman–Crippen LogP) is 2.10. The number of rotatable bonds is 5. The van der Waals surface area contributed by atoms with Gasteiger partial charge in [-0.3, -0.25) is 0 Å². The molecule has 0 bridgehead atoms. The molecule has 1 aromatic heterocycles. The number of ether oxygens (including phenoxy) is 1. The summed E-state index contributed by atoms with van der Waals surface area (Å²) < 4.78 is 37.8. The first-order valence-corrected chi connectivity index (χ1v) is 8.12. The molecule has 1 aliphatic rings. The van der Waals surface area contributed by atoms with E-state index in [1.807, 2.05) is 6.92 Å². The molecule has 7 heteroatoms. The molecular weight excluding hydrogens is 292 g/mol. The van der Waals surface area contributed by atoms with Gasteiger partial charge in [-0.25, -0.2) is 13.1 Å². The fourth-order valence-electron chi connectivity index (χ4n) is 2.02. The summed E-state index contributed by atoms with van der Waals surface area (Å²) in [5.41, 5.74) is 1.38. The minimum atomic E-state index is -3.60. The highest BCUT2D eigenvalue weighted by atomic mass is 32.2. The summed E-state index contributed by atoms with van der Waals surface area (Å²) in [6.45, 7) is 1.81. The molecule has 6 nitrogen and oxygen atoms in total. The average molecular weight is 308 g/mol. The molecule has 1 aliphatic carbocycles. The molecule has 0 amide bonds. The lowest BCUT2D eigenvalue weighted by Crippen LogP contribution is -2.26. The normalized spacial score (nSPS) is 15.1. The van der Waals surface area contributed by atoms with E-state index in [0.29, 0.717) is 17.1 Å². The van der Waals surface area contributed by atoms with Crippen LogP contribution in [0, 0.1) is 6.92 Å². The first-order chi connectivity index (χ1) is 9.99. The minimum Gasteiger partial charge on any atom is -0.495 e. The molecule has 0 unspecified atom stereocenters. The molecule has 1 heterocycles. The van der Waals surface area contributed by atoms with Crippen molar-refractivity contribution in [3.8, 4) is 17.1 Å². The van der Waals surface area contributed by atoms with E-state index in [0.717, 1.165) is 18.5 Å². The monoisotopic (exact) mass is 308 g/mol. The Morgan fingerprint density at radius 3 is 2.67 bits per heavy atom. The van der Waals surface area contributed by atoms with Crippen molar-refractivity contribution < 1.29 is 17.7 Å². The van der Waals surface area contributed by atoms with Crippen molar-refractivity contribution in [2.24, 2.45) is 0 Å². The van der Waals surface area contributed by atoms with Gasteiger partial charge in [-0.05, 0) is 38.0 Å². The number of nitrogens with one attached hydrogen (secondary N) is 1. The van der Waals surface area contributed by atoms with Crippen LogP contribution in [0.25, 0.3) is 11.3 Å². The van der Waals surface area contributed by atoms with E-state index in [4.69, 9.17) is 9.26 Å². The highest BCUT2D eigenvalue weighted by molar-refractivity contribution is 7.89. The fourth-order valence-corrected chi connectivity index (χ4v) is 3.52. The molecule has 0 aliphatic heterocycles. The third-order valence-corrected chi connectivity index (χ3v) is 4.81. The zero-order valence-electron chi connectivity index (χ0n) is 11.8. The Balaban J connectivity index is 2.04. The Labute approximate surface area is 123 Å². The van der Waals surface area contributed by atoms with Crippen molar-refractivity contribution in [2.45, 2.75) is 30.7 Å². The Bertz CT molecular complexity index is 763. The number of aromatic nitrogens is 1. The van der Waals surface area contributed by atoms with Crippen molar-refractivity contribution in [3.05, 3.63) is 30.0 Å². The van der Waals surface area contributed by atoms with Crippen LogP contribution in [0.2, 0.25) is 0 Å². The highest BCUT2D eigenvalue weighted by Crippen LogP contribution is 2.31. The van der Waals surface area contributed by atoms with Gasteiger partial charge in [-0.15, -0.1) is 0 Å². The molecule has 2 aromatic rings. The SMILES string of the molecule is COc1ccc(-c2cc(C)no2)cc1S(=O)(=O)NC1CC1. The maximum Gasteiger partial charge on any atom is 0.244 e. The van der Waals surface area contributed by atoms with E-state index in [-0.39, 0.29) is 10.9 Å². The van der Waals surface area contributed by atoms with Gasteiger partial charge in [0.1, 0.15) is 10.6 Å². The topological polar surface area (TPSA) is 81.4 Å². The number of hydrogen-bond acceptors (Lipinski definition) is 5. The number of sulfonamides is 1. The summed E-state index contributed by atoms with van der Waals surface area (Å²) in [6.07, 6.45) is 1.76. The van der Waals surface area contributed by atoms with Crippen LogP contribution in [0.1, 0.15) is 18.5 Å². The lowest BCUT2D eigenvalue weighted by molar-refractivity contribution is 0.402. The van der Waals surface area contributed by atoms with Gasteiger partial charge >= 0.3 is 0 Å². The van der Waals surface area contributed by atoms with Gasteiger partial charge in [0.15, 0.2) is 5.76 Å². The minimum absolute atomic E-state index is 0.0379. The van der Waals surface area contributed by atoms with Crippen molar-refractivity contribution in [2.75, 3.05) is 7.11 Å². The summed E-state index contributed by atoms with van der Waals surface area (Å²) in [5, 5.41) is 3.81. The molecule has 112 valence electrons. The number of hydrogen-bond donors (Lipinski definition) is 1. The van der Waals surface area contributed by atoms with Crippen LogP contribution in [-0.2, 0) is 10.0 Å². The lowest BCUT2D eigenvalue weighted by atomic mass is 10.1. The van der Waals surface area contributed by atoms with Crippen LogP contribution in [-0.4, -0.2) is 26.7 Å². The van der Waals surface area contributed by atoms with E-state index in [9.17, 15) is 8.42 Å². The molecule has 0 saturated heterocycles. The van der Waals surface area contributed by atoms with Crippen LogP contribution < -0.4 is 9.46 Å². The molecular formula is C14H16N2O4S. The van der Waals surface area contributed by atoms with Crippen molar-refractivity contribution in [3.63, 3.8) is 0 Å². The maximum absolute atomic E-state index is 12.4. The number of methoxy groups -OCH3 is 1. The van der Waals surface area contributed by atoms with Gasteiger partial charge in [0.05, 0.1) is 12.8 Å². The molecule has 3 rings (SSSR count). The van der Waals surface area contributed by atoms with Crippen molar-refractivity contribution in [1.82, 2.24) is 9.88 Å². The van der Waals surface area contributed by atoms with Crippen molar-refractivity contribution in [1.29, 1.82) is 0 Å². The van der Waals surface area contributed by atoms with E-state index in [2.05, 4.69) is 9.88 Å². The molecule has 1 fully saturated rings. The van der Waals surface area contributed by atoms with E-state index in [1.54, 1.807) is 24.3 Å². The summed E-state index contributed by atoms with van der Waals surface area (Å²) in [5.74, 6) is 0.834. The van der Waals surface area contributed by atoms with Crippen LogP contribution in [0.15, 0.2) is 33.7 Å². The summed E-state index contributed by atoms with van der Waals surface area (Å²) in [4.78, 5) is 0.114.